The molecule has 0 aromatic heterocycles. The molecule has 0 amide bonds. The minimum atomic E-state index is -0.620. The van der Waals surface area contributed by atoms with E-state index in [1.54, 1.807) is 13.8 Å². The number of carbonyl (C=O) groups is 1. The SMILES string of the molecule is CCOC(=O)[C@@](C)(CC)CC#N. The first-order valence-electron chi connectivity index (χ1n) is 4.15. The number of hydrogen-bond acceptors (Lipinski definition) is 3. The smallest absolute Gasteiger partial charge is 0.312 e. The molecule has 0 aliphatic carbocycles. The number of hydrogen-bond donors (Lipinski definition) is 0. The van der Waals surface area contributed by atoms with E-state index in [-0.39, 0.29) is 12.4 Å². The second-order valence-electron chi connectivity index (χ2n) is 2.97. The predicted octanol–water partition coefficient (Wildman–Crippen LogP) is 1.88. The number of nitriles is 1. The first-order valence-corrected chi connectivity index (χ1v) is 4.15. The van der Waals surface area contributed by atoms with Gasteiger partial charge in [0.15, 0.2) is 0 Å². The molecule has 3 heteroatoms. The Bertz CT molecular complexity index is 195. The van der Waals surface area contributed by atoms with Crippen LogP contribution in [0.4, 0.5) is 0 Å². The van der Waals surface area contributed by atoms with Crippen molar-refractivity contribution in [3.63, 3.8) is 0 Å². The van der Waals surface area contributed by atoms with E-state index in [4.69, 9.17) is 10.00 Å². The number of carbonyl (C=O) groups excluding carboxylic acids is 1. The highest BCUT2D eigenvalue weighted by Crippen LogP contribution is 2.26. The van der Waals surface area contributed by atoms with Gasteiger partial charge in [0.1, 0.15) is 0 Å². The second kappa shape index (κ2) is 4.76. The third kappa shape index (κ3) is 2.54. The maximum absolute atomic E-state index is 11.3. The molecule has 0 fully saturated rings. The van der Waals surface area contributed by atoms with Gasteiger partial charge in [0.2, 0.25) is 0 Å². The summed E-state index contributed by atoms with van der Waals surface area (Å²) in [6, 6.07) is 2.00. The van der Waals surface area contributed by atoms with Crippen molar-refractivity contribution >= 4 is 5.97 Å². The summed E-state index contributed by atoms with van der Waals surface area (Å²) in [4.78, 5) is 11.3. The van der Waals surface area contributed by atoms with Gasteiger partial charge >= 0.3 is 5.97 Å². The van der Waals surface area contributed by atoms with Crippen molar-refractivity contribution < 1.29 is 9.53 Å². The van der Waals surface area contributed by atoms with Crippen LogP contribution in [0.5, 0.6) is 0 Å². The van der Waals surface area contributed by atoms with E-state index >= 15 is 0 Å². The van der Waals surface area contributed by atoms with Crippen LogP contribution in [0, 0.1) is 16.7 Å². The topological polar surface area (TPSA) is 50.1 Å². The van der Waals surface area contributed by atoms with Crippen molar-refractivity contribution in [3.8, 4) is 6.07 Å². The maximum Gasteiger partial charge on any atom is 0.312 e. The van der Waals surface area contributed by atoms with Gasteiger partial charge in [-0.05, 0) is 20.3 Å². The Morgan fingerprint density at radius 3 is 2.50 bits per heavy atom. The molecule has 12 heavy (non-hydrogen) atoms. The first kappa shape index (κ1) is 11.0. The van der Waals surface area contributed by atoms with E-state index in [0.29, 0.717) is 13.0 Å². The summed E-state index contributed by atoms with van der Waals surface area (Å²) >= 11 is 0. The molecule has 0 bridgehead atoms. The van der Waals surface area contributed by atoms with Crippen molar-refractivity contribution in [1.29, 1.82) is 5.26 Å². The summed E-state index contributed by atoms with van der Waals surface area (Å²) in [7, 11) is 0. The van der Waals surface area contributed by atoms with Crippen molar-refractivity contribution in [2.24, 2.45) is 5.41 Å². The van der Waals surface area contributed by atoms with Crippen LogP contribution in [0.25, 0.3) is 0 Å². The molecule has 0 heterocycles. The Morgan fingerprint density at radius 1 is 1.58 bits per heavy atom. The van der Waals surface area contributed by atoms with Gasteiger partial charge in [-0.2, -0.15) is 5.26 Å². The molecular formula is C9H15NO2. The zero-order valence-corrected chi connectivity index (χ0v) is 7.89. The van der Waals surface area contributed by atoms with Gasteiger partial charge in [-0.25, -0.2) is 0 Å². The monoisotopic (exact) mass is 169 g/mol. The Hall–Kier alpha value is -1.04. The third-order valence-electron chi connectivity index (χ3n) is 2.02. The second-order valence-corrected chi connectivity index (χ2v) is 2.97. The molecule has 3 nitrogen and oxygen atoms in total. The Labute approximate surface area is 73.3 Å². The lowest BCUT2D eigenvalue weighted by Gasteiger charge is -2.21. The summed E-state index contributed by atoms with van der Waals surface area (Å²) in [5, 5.41) is 8.49. The molecule has 0 N–H and O–H groups in total. The van der Waals surface area contributed by atoms with Crippen molar-refractivity contribution in [3.05, 3.63) is 0 Å². The van der Waals surface area contributed by atoms with Crippen molar-refractivity contribution in [2.75, 3.05) is 6.61 Å². The summed E-state index contributed by atoms with van der Waals surface area (Å²) in [6.45, 7) is 5.78. The minimum absolute atomic E-state index is 0.225. The van der Waals surface area contributed by atoms with Crippen LogP contribution in [-0.4, -0.2) is 12.6 Å². The zero-order chi connectivity index (χ0) is 9.61. The highest BCUT2D eigenvalue weighted by Gasteiger charge is 2.32. The van der Waals surface area contributed by atoms with E-state index < -0.39 is 5.41 Å². The standard InChI is InChI=1S/C9H15NO2/c1-4-9(3,6-7-10)8(11)12-5-2/h4-6H2,1-3H3/t9-/m0/s1. The minimum Gasteiger partial charge on any atom is -0.466 e. The summed E-state index contributed by atoms with van der Waals surface area (Å²) in [5.41, 5.74) is -0.620. The largest absolute Gasteiger partial charge is 0.466 e. The summed E-state index contributed by atoms with van der Waals surface area (Å²) in [5.74, 6) is -0.269. The number of esters is 1. The van der Waals surface area contributed by atoms with Gasteiger partial charge in [-0.3, -0.25) is 4.79 Å². The number of nitrogens with zero attached hydrogens (tertiary/aromatic N) is 1. The van der Waals surface area contributed by atoms with Crippen LogP contribution in [0.3, 0.4) is 0 Å². The molecular weight excluding hydrogens is 154 g/mol. The lowest BCUT2D eigenvalue weighted by atomic mass is 9.85. The molecule has 0 aromatic carbocycles. The van der Waals surface area contributed by atoms with Gasteiger partial charge in [-0.15, -0.1) is 0 Å². The molecule has 0 aromatic rings. The van der Waals surface area contributed by atoms with E-state index in [9.17, 15) is 4.79 Å². The van der Waals surface area contributed by atoms with Crippen LogP contribution in [0.15, 0.2) is 0 Å². The van der Waals surface area contributed by atoms with Crippen LogP contribution >= 0.6 is 0 Å². The maximum atomic E-state index is 11.3. The van der Waals surface area contributed by atoms with Crippen molar-refractivity contribution in [1.82, 2.24) is 0 Å². The number of ether oxygens (including phenoxy) is 1. The average Bonchev–Trinajstić information content (AvgIpc) is 2.05. The molecule has 0 saturated heterocycles. The molecule has 0 rings (SSSR count). The molecule has 0 aliphatic rings. The summed E-state index contributed by atoms with van der Waals surface area (Å²) < 4.78 is 4.86. The van der Waals surface area contributed by atoms with Gasteiger partial charge in [0.25, 0.3) is 0 Å². The lowest BCUT2D eigenvalue weighted by Crippen LogP contribution is -2.28. The Balaban J connectivity index is 4.31. The Morgan fingerprint density at radius 2 is 2.17 bits per heavy atom. The molecule has 0 aliphatic heterocycles. The number of rotatable bonds is 4. The summed E-state index contributed by atoms with van der Waals surface area (Å²) in [6.07, 6.45) is 0.863. The van der Waals surface area contributed by atoms with E-state index in [2.05, 4.69) is 0 Å². The molecule has 0 spiro atoms. The van der Waals surface area contributed by atoms with Gasteiger partial charge in [0.05, 0.1) is 24.5 Å². The quantitative estimate of drug-likeness (QED) is 0.604. The third-order valence-corrected chi connectivity index (χ3v) is 2.02. The fourth-order valence-electron chi connectivity index (χ4n) is 0.821. The van der Waals surface area contributed by atoms with Crippen molar-refractivity contribution in [2.45, 2.75) is 33.6 Å². The average molecular weight is 169 g/mol. The van der Waals surface area contributed by atoms with Crippen LogP contribution in [0.2, 0.25) is 0 Å². The molecule has 1 atom stereocenters. The highest BCUT2D eigenvalue weighted by molar-refractivity contribution is 5.76. The van der Waals surface area contributed by atoms with Crippen LogP contribution < -0.4 is 0 Å². The van der Waals surface area contributed by atoms with Gasteiger partial charge in [-0.1, -0.05) is 6.92 Å². The van der Waals surface area contributed by atoms with Crippen LogP contribution in [0.1, 0.15) is 33.6 Å². The first-order chi connectivity index (χ1) is 5.60. The van der Waals surface area contributed by atoms with E-state index in [1.807, 2.05) is 13.0 Å². The predicted molar refractivity (Wildman–Crippen MR) is 45.3 cm³/mol. The normalized spacial score (nSPS) is 14.5. The molecule has 0 radical (unpaired) electrons. The van der Waals surface area contributed by atoms with Gasteiger partial charge in [0, 0.05) is 0 Å². The zero-order valence-electron chi connectivity index (χ0n) is 7.89. The fraction of sp³-hybridized carbons (Fsp3) is 0.778. The fourth-order valence-corrected chi connectivity index (χ4v) is 0.821. The van der Waals surface area contributed by atoms with Gasteiger partial charge < -0.3 is 4.74 Å². The molecule has 0 unspecified atom stereocenters. The Kier molecular flexibility index (Phi) is 4.35. The van der Waals surface area contributed by atoms with E-state index in [0.717, 1.165) is 0 Å². The molecule has 0 saturated carbocycles. The highest BCUT2D eigenvalue weighted by atomic mass is 16.5. The van der Waals surface area contributed by atoms with Crippen LogP contribution in [-0.2, 0) is 9.53 Å². The van der Waals surface area contributed by atoms with E-state index in [1.165, 1.54) is 0 Å². The lowest BCUT2D eigenvalue weighted by molar-refractivity contribution is -0.154. The molecule has 68 valence electrons.